The van der Waals surface area contributed by atoms with Crippen LogP contribution in [-0.2, 0) is 13.0 Å². The summed E-state index contributed by atoms with van der Waals surface area (Å²) in [5, 5.41) is 6.17. The molecule has 0 bridgehead atoms. The average Bonchev–Trinajstić information content (AvgIpc) is 3.61. The number of hydrogen-bond donors (Lipinski definition) is 4. The lowest BCUT2D eigenvalue weighted by molar-refractivity contribution is 1.07. The van der Waals surface area contributed by atoms with Crippen molar-refractivity contribution in [2.24, 2.45) is 17.4 Å². The van der Waals surface area contributed by atoms with E-state index in [4.69, 9.17) is 5.73 Å². The Morgan fingerprint density at radius 3 is 1.78 bits per heavy atom. The fourth-order valence-corrected chi connectivity index (χ4v) is 6.67. The van der Waals surface area contributed by atoms with Gasteiger partial charge in [0.25, 0.3) is 0 Å². The number of aryl methyl sites for hydroxylation is 2. The molecule has 0 fully saturated rings. The molecule has 0 atom stereocenters. The first-order chi connectivity index (χ1) is 28.9. The van der Waals surface area contributed by atoms with Gasteiger partial charge in [0.15, 0.2) is 0 Å². The number of allylic oxidation sites excluding steroid dienone is 2. The fraction of sp³-hybridized carbons (Fsp3) is 0.111. The number of nitrogens with zero attached hydrogens (tertiary/aromatic N) is 1. The van der Waals surface area contributed by atoms with Gasteiger partial charge in [-0.3, -0.25) is 11.7 Å². The minimum absolute atomic E-state index is 0.640. The third kappa shape index (κ3) is 12.4. The number of hydrazine groups is 1. The van der Waals surface area contributed by atoms with Gasteiger partial charge in [-0.15, -0.1) is 6.58 Å². The highest BCUT2D eigenvalue weighted by Crippen LogP contribution is 2.40. The molecule has 0 aliphatic rings. The van der Waals surface area contributed by atoms with E-state index in [0.29, 0.717) is 6.54 Å². The number of nitrogens with one attached hydrogen (secondary N) is 1. The Balaban J connectivity index is 0.000000299. The van der Waals surface area contributed by atoms with Crippen molar-refractivity contribution in [3.8, 4) is 5.69 Å². The highest BCUT2D eigenvalue weighted by atomic mass is 15.0. The molecule has 5 heteroatoms. The highest BCUT2D eigenvalue weighted by Gasteiger charge is 2.18. The Morgan fingerprint density at radius 1 is 0.627 bits per heavy atom. The summed E-state index contributed by atoms with van der Waals surface area (Å²) in [6.45, 7) is 16.9. The zero-order chi connectivity index (χ0) is 42.4. The number of hydrogen-bond acceptors (Lipinski definition) is 4. The monoisotopic (exact) mass is 777 g/mol. The van der Waals surface area contributed by atoms with Gasteiger partial charge in [-0.1, -0.05) is 165 Å². The molecule has 7 N–H and O–H groups in total. The molecule has 0 spiro atoms. The molecule has 5 nitrogen and oxygen atoms in total. The number of rotatable bonds is 8. The van der Waals surface area contributed by atoms with E-state index in [9.17, 15) is 0 Å². The second-order valence-corrected chi connectivity index (χ2v) is 13.6. The van der Waals surface area contributed by atoms with Crippen molar-refractivity contribution in [1.29, 1.82) is 0 Å². The first-order valence-corrected chi connectivity index (χ1v) is 20.0. The van der Waals surface area contributed by atoms with Gasteiger partial charge >= 0.3 is 0 Å². The maximum absolute atomic E-state index is 5.35. The lowest BCUT2D eigenvalue weighted by atomic mass is 9.92. The third-order valence-corrected chi connectivity index (χ3v) is 9.41. The first-order valence-electron chi connectivity index (χ1n) is 20.0. The number of benzene rings is 7. The van der Waals surface area contributed by atoms with Gasteiger partial charge in [0, 0.05) is 39.9 Å². The number of para-hydroxylation sites is 2. The molecule has 0 amide bonds. The molecule has 0 radical (unpaired) electrons. The Morgan fingerprint density at radius 2 is 1.20 bits per heavy atom. The van der Waals surface area contributed by atoms with Crippen LogP contribution >= 0.6 is 0 Å². The molecular formula is C54H59N5. The normalized spacial score (nSPS) is 10.2. The van der Waals surface area contributed by atoms with Crippen LogP contribution in [0.3, 0.4) is 0 Å². The maximum atomic E-state index is 5.35. The zero-order valence-corrected chi connectivity index (χ0v) is 35.0. The molecule has 7 aromatic carbocycles. The smallest absolute Gasteiger partial charge is 0.0562 e. The maximum Gasteiger partial charge on any atom is 0.0562 e. The van der Waals surface area contributed by atoms with Crippen molar-refractivity contribution < 1.29 is 0 Å². The lowest BCUT2D eigenvalue weighted by Gasteiger charge is -2.18. The van der Waals surface area contributed by atoms with Crippen molar-refractivity contribution in [1.82, 2.24) is 4.57 Å². The van der Waals surface area contributed by atoms with Crippen LogP contribution in [0.15, 0.2) is 201 Å². The standard InChI is InChI=1S/C36H30N2.C8H10.C7H9N.C3H6.H4N2/c1-4-13-27-15-8-9-19-30(27)26(3)32-23-33-31-20-10-11-21-35(31)38(29-17-6-5-7-18-29)36(33)24-34(32)37-28-16-12-14-25(2)22-28;1-2-8-6-4-3-5-7-8;8-6-7-4-2-1-3-5-7;1-3-2;1-2/h4-24,37H,3H2,1-2H3;3-7H,2H2,1H3;1-5H,6,8H2;3H,1H2,2H3;1-2H2/b13-4-;;;;. The van der Waals surface area contributed by atoms with E-state index in [1.165, 1.54) is 33.0 Å². The minimum atomic E-state index is 0.640. The predicted molar refractivity (Wildman–Crippen MR) is 259 cm³/mol. The van der Waals surface area contributed by atoms with Crippen LogP contribution in [0.1, 0.15) is 54.2 Å². The summed E-state index contributed by atoms with van der Waals surface area (Å²) in [6, 6.07) is 61.2. The van der Waals surface area contributed by atoms with Crippen molar-refractivity contribution >= 4 is 44.8 Å². The van der Waals surface area contributed by atoms with E-state index in [1.54, 1.807) is 6.08 Å². The highest BCUT2D eigenvalue weighted by molar-refractivity contribution is 6.12. The number of anilines is 2. The van der Waals surface area contributed by atoms with Gasteiger partial charge in [0.05, 0.1) is 11.0 Å². The van der Waals surface area contributed by atoms with Crippen LogP contribution in [0.25, 0.3) is 39.1 Å². The van der Waals surface area contributed by atoms with Crippen molar-refractivity contribution in [3.63, 3.8) is 0 Å². The number of aromatic nitrogens is 1. The molecule has 300 valence electrons. The molecule has 0 aliphatic heterocycles. The van der Waals surface area contributed by atoms with Gasteiger partial charge < -0.3 is 15.6 Å². The van der Waals surface area contributed by atoms with Crippen LogP contribution in [0.4, 0.5) is 11.4 Å². The van der Waals surface area contributed by atoms with E-state index in [-0.39, 0.29) is 0 Å². The second-order valence-electron chi connectivity index (χ2n) is 13.6. The summed E-state index contributed by atoms with van der Waals surface area (Å²) in [6.07, 6.45) is 7.11. The summed E-state index contributed by atoms with van der Waals surface area (Å²) in [4.78, 5) is 0. The van der Waals surface area contributed by atoms with E-state index in [1.807, 2.05) is 43.3 Å². The molecule has 0 aliphatic carbocycles. The predicted octanol–water partition coefficient (Wildman–Crippen LogP) is 13.3. The molecule has 1 heterocycles. The van der Waals surface area contributed by atoms with Crippen LogP contribution in [0, 0.1) is 6.92 Å². The fourth-order valence-electron chi connectivity index (χ4n) is 6.67. The summed E-state index contributed by atoms with van der Waals surface area (Å²) in [5.74, 6) is 8.00. The molecule has 59 heavy (non-hydrogen) atoms. The van der Waals surface area contributed by atoms with Crippen LogP contribution < -0.4 is 22.7 Å². The third-order valence-electron chi connectivity index (χ3n) is 9.41. The van der Waals surface area contributed by atoms with Crippen molar-refractivity contribution in [2.45, 2.75) is 40.7 Å². The van der Waals surface area contributed by atoms with Gasteiger partial charge in [-0.25, -0.2) is 0 Å². The average molecular weight is 778 g/mol. The SMILES string of the molecule is C=C(c1ccccc1/C=C\C)c1cc2c3ccccc3n(-c3ccccc3)c2cc1Nc1cccc(C)c1.C=CC.CCc1ccccc1.NCc1ccccc1.NN. The summed E-state index contributed by atoms with van der Waals surface area (Å²) in [7, 11) is 0. The summed E-state index contributed by atoms with van der Waals surface area (Å²) >= 11 is 0. The summed E-state index contributed by atoms with van der Waals surface area (Å²) < 4.78 is 2.35. The first kappa shape index (κ1) is 44.9. The van der Waals surface area contributed by atoms with Crippen molar-refractivity contribution in [2.75, 3.05) is 5.32 Å². The quantitative estimate of drug-likeness (QED) is 0.0702. The Labute approximate surface area is 351 Å². The van der Waals surface area contributed by atoms with E-state index < -0.39 is 0 Å². The van der Waals surface area contributed by atoms with E-state index in [2.05, 4.69) is 207 Å². The second kappa shape index (κ2) is 24.1. The molecule has 1 aromatic heterocycles. The molecular weight excluding hydrogens is 719 g/mol. The lowest BCUT2D eigenvalue weighted by Crippen LogP contribution is -2.02. The van der Waals surface area contributed by atoms with Gasteiger partial charge in [-0.2, -0.15) is 0 Å². The van der Waals surface area contributed by atoms with Crippen molar-refractivity contribution in [3.05, 3.63) is 235 Å². The molecule has 8 rings (SSSR count). The van der Waals surface area contributed by atoms with Crippen LogP contribution in [0.5, 0.6) is 0 Å². The van der Waals surface area contributed by atoms with Crippen LogP contribution in [-0.4, -0.2) is 4.57 Å². The van der Waals surface area contributed by atoms with E-state index in [0.717, 1.165) is 51.3 Å². The zero-order valence-electron chi connectivity index (χ0n) is 35.0. The molecule has 0 saturated carbocycles. The largest absolute Gasteiger partial charge is 0.355 e. The Kier molecular flexibility index (Phi) is 18.4. The number of nitrogens with two attached hydrogens (primary N) is 3. The molecule has 0 saturated heterocycles. The van der Waals surface area contributed by atoms with Gasteiger partial charge in [0.1, 0.15) is 0 Å². The Hall–Kier alpha value is -6.76. The molecule has 8 aromatic rings. The topological polar surface area (TPSA) is 95.0 Å². The van der Waals surface area contributed by atoms with Gasteiger partial charge in [-0.05, 0) is 103 Å². The summed E-state index contributed by atoms with van der Waals surface area (Å²) in [5.41, 5.74) is 19.1. The molecule has 0 unspecified atom stereocenters. The van der Waals surface area contributed by atoms with Crippen LogP contribution in [0.2, 0.25) is 0 Å². The number of fused-ring (bicyclic) bond motifs is 3. The minimum Gasteiger partial charge on any atom is -0.355 e. The Bertz CT molecular complexity index is 2480. The van der Waals surface area contributed by atoms with E-state index >= 15 is 0 Å². The van der Waals surface area contributed by atoms with Gasteiger partial charge in [0.2, 0.25) is 0 Å².